The highest BCUT2D eigenvalue weighted by Crippen LogP contribution is 2.40. The van der Waals surface area contributed by atoms with E-state index < -0.39 is 0 Å². The van der Waals surface area contributed by atoms with E-state index in [9.17, 15) is 0 Å². The number of methoxy groups -OCH3 is 3. The Kier molecular flexibility index (Phi) is 4.82. The maximum absolute atomic E-state index is 5.93. The number of nitrogens with one attached hydrogen (secondary N) is 1. The quantitative estimate of drug-likeness (QED) is 0.483. The molecule has 0 atom stereocenters. The van der Waals surface area contributed by atoms with E-state index in [0.717, 1.165) is 16.8 Å². The van der Waals surface area contributed by atoms with Crippen LogP contribution in [-0.2, 0) is 0 Å². The standard InChI is InChI=1S/C21H21N5O3/c1-27-17-10-15(11-18(28-2)20(17)29-3)24-19-7-8-26-21(25-19)16(12-23-26)13-5-4-6-14(22)9-13/h4-12H,22H2,1-3H3,(H,24,25). The van der Waals surface area contributed by atoms with E-state index >= 15 is 0 Å². The molecule has 2 heterocycles. The van der Waals surface area contributed by atoms with Crippen molar-refractivity contribution >= 4 is 22.8 Å². The zero-order valence-corrected chi connectivity index (χ0v) is 16.3. The number of nitrogens with two attached hydrogens (primary N) is 1. The highest BCUT2D eigenvalue weighted by molar-refractivity contribution is 5.79. The van der Waals surface area contributed by atoms with E-state index in [1.165, 1.54) is 0 Å². The minimum atomic E-state index is 0.531. The zero-order valence-electron chi connectivity index (χ0n) is 16.3. The van der Waals surface area contributed by atoms with Crippen molar-refractivity contribution in [2.75, 3.05) is 32.4 Å². The van der Waals surface area contributed by atoms with E-state index in [1.54, 1.807) is 32.0 Å². The molecule has 29 heavy (non-hydrogen) atoms. The van der Waals surface area contributed by atoms with Crippen LogP contribution in [0.15, 0.2) is 54.9 Å². The molecular formula is C21H21N5O3. The maximum Gasteiger partial charge on any atom is 0.203 e. The lowest BCUT2D eigenvalue weighted by Gasteiger charge is -2.15. The first-order valence-corrected chi connectivity index (χ1v) is 8.90. The van der Waals surface area contributed by atoms with Gasteiger partial charge in [0.15, 0.2) is 17.1 Å². The first kappa shape index (κ1) is 18.4. The summed E-state index contributed by atoms with van der Waals surface area (Å²) < 4.78 is 17.9. The second-order valence-corrected chi connectivity index (χ2v) is 6.30. The van der Waals surface area contributed by atoms with E-state index in [1.807, 2.05) is 48.7 Å². The van der Waals surface area contributed by atoms with Crippen LogP contribution < -0.4 is 25.3 Å². The average Bonchev–Trinajstić information content (AvgIpc) is 3.16. The fraction of sp³-hybridized carbons (Fsp3) is 0.143. The van der Waals surface area contributed by atoms with E-state index in [4.69, 9.17) is 24.9 Å². The Labute approximate surface area is 167 Å². The molecule has 4 aromatic rings. The molecule has 2 aromatic carbocycles. The second kappa shape index (κ2) is 7.59. The summed E-state index contributed by atoms with van der Waals surface area (Å²) in [5.74, 6) is 2.29. The van der Waals surface area contributed by atoms with Gasteiger partial charge >= 0.3 is 0 Å². The van der Waals surface area contributed by atoms with Crippen LogP contribution in [0.3, 0.4) is 0 Å². The van der Waals surface area contributed by atoms with Crippen molar-refractivity contribution in [1.29, 1.82) is 0 Å². The number of hydrogen-bond acceptors (Lipinski definition) is 7. The predicted molar refractivity (Wildman–Crippen MR) is 112 cm³/mol. The maximum atomic E-state index is 5.93. The molecule has 0 amide bonds. The zero-order chi connectivity index (χ0) is 20.4. The molecule has 0 aliphatic heterocycles. The van der Waals surface area contributed by atoms with Gasteiger partial charge in [0.05, 0.1) is 27.5 Å². The Morgan fingerprint density at radius 3 is 2.38 bits per heavy atom. The predicted octanol–water partition coefficient (Wildman–Crippen LogP) is 3.75. The summed E-state index contributed by atoms with van der Waals surface area (Å²) in [6.07, 6.45) is 3.62. The topological polar surface area (TPSA) is 95.9 Å². The van der Waals surface area contributed by atoms with Gasteiger partial charge in [-0.05, 0) is 23.8 Å². The normalized spacial score (nSPS) is 10.7. The monoisotopic (exact) mass is 391 g/mol. The SMILES string of the molecule is COc1cc(Nc2ccn3ncc(-c4cccc(N)c4)c3n2)cc(OC)c1OC. The van der Waals surface area contributed by atoms with Gasteiger partial charge < -0.3 is 25.3 Å². The number of fused-ring (bicyclic) bond motifs is 1. The lowest BCUT2D eigenvalue weighted by atomic mass is 10.1. The first-order chi connectivity index (χ1) is 14.1. The third-order valence-electron chi connectivity index (χ3n) is 4.50. The number of benzene rings is 2. The van der Waals surface area contributed by atoms with Crippen LogP contribution in [-0.4, -0.2) is 35.9 Å². The summed E-state index contributed by atoms with van der Waals surface area (Å²) in [5.41, 5.74) is 9.93. The van der Waals surface area contributed by atoms with E-state index in [2.05, 4.69) is 10.4 Å². The van der Waals surface area contributed by atoms with Gasteiger partial charge in [-0.25, -0.2) is 9.50 Å². The highest BCUT2D eigenvalue weighted by Gasteiger charge is 2.14. The molecule has 0 aliphatic rings. The van der Waals surface area contributed by atoms with E-state index in [-0.39, 0.29) is 0 Å². The number of ether oxygens (including phenoxy) is 3. The third-order valence-corrected chi connectivity index (χ3v) is 4.50. The van der Waals surface area contributed by atoms with Crippen molar-refractivity contribution in [1.82, 2.24) is 14.6 Å². The Hall–Kier alpha value is -3.94. The minimum Gasteiger partial charge on any atom is -0.493 e. The Balaban J connectivity index is 1.73. The van der Waals surface area contributed by atoms with Crippen LogP contribution in [0.2, 0.25) is 0 Å². The van der Waals surface area contributed by atoms with Crippen molar-refractivity contribution in [2.45, 2.75) is 0 Å². The molecule has 0 saturated carbocycles. The molecule has 0 radical (unpaired) electrons. The van der Waals surface area contributed by atoms with Gasteiger partial charge in [-0.15, -0.1) is 0 Å². The average molecular weight is 391 g/mol. The summed E-state index contributed by atoms with van der Waals surface area (Å²) in [5, 5.41) is 7.66. The van der Waals surface area contributed by atoms with Crippen LogP contribution in [0.25, 0.3) is 16.8 Å². The molecule has 8 heteroatoms. The van der Waals surface area contributed by atoms with Crippen molar-refractivity contribution in [3.63, 3.8) is 0 Å². The number of nitrogens with zero attached hydrogens (tertiary/aromatic N) is 3. The van der Waals surface area contributed by atoms with Crippen LogP contribution in [0.1, 0.15) is 0 Å². The van der Waals surface area contributed by atoms with Crippen LogP contribution in [0.4, 0.5) is 17.2 Å². The summed E-state index contributed by atoms with van der Waals surface area (Å²) in [6, 6.07) is 13.1. The van der Waals surface area contributed by atoms with Crippen molar-refractivity contribution in [2.24, 2.45) is 0 Å². The molecule has 2 aromatic heterocycles. The fourth-order valence-corrected chi connectivity index (χ4v) is 3.15. The van der Waals surface area contributed by atoms with Gasteiger partial charge in [-0.2, -0.15) is 5.10 Å². The smallest absolute Gasteiger partial charge is 0.203 e. The van der Waals surface area contributed by atoms with Crippen LogP contribution in [0, 0.1) is 0 Å². The Morgan fingerprint density at radius 2 is 1.72 bits per heavy atom. The molecule has 0 saturated heterocycles. The molecule has 8 nitrogen and oxygen atoms in total. The summed E-state index contributed by atoms with van der Waals surface area (Å²) in [7, 11) is 4.73. The molecule has 3 N–H and O–H groups in total. The molecule has 0 unspecified atom stereocenters. The number of aromatic nitrogens is 3. The molecule has 0 bridgehead atoms. The molecule has 0 fully saturated rings. The van der Waals surface area contributed by atoms with Gasteiger partial charge in [0.25, 0.3) is 0 Å². The first-order valence-electron chi connectivity index (χ1n) is 8.90. The third kappa shape index (κ3) is 3.47. The molecule has 0 aliphatic carbocycles. The van der Waals surface area contributed by atoms with Crippen molar-refractivity contribution < 1.29 is 14.2 Å². The minimum absolute atomic E-state index is 0.531. The molecule has 0 spiro atoms. The largest absolute Gasteiger partial charge is 0.493 e. The summed E-state index contributed by atoms with van der Waals surface area (Å²) >= 11 is 0. The highest BCUT2D eigenvalue weighted by atomic mass is 16.5. The van der Waals surface area contributed by atoms with Crippen molar-refractivity contribution in [3.05, 3.63) is 54.9 Å². The lowest BCUT2D eigenvalue weighted by Crippen LogP contribution is -2.00. The molecule has 4 rings (SSSR count). The lowest BCUT2D eigenvalue weighted by molar-refractivity contribution is 0.324. The number of rotatable bonds is 6. The number of nitrogen functional groups attached to an aromatic ring is 1. The number of hydrogen-bond donors (Lipinski definition) is 2. The van der Waals surface area contributed by atoms with Gasteiger partial charge in [0.2, 0.25) is 5.75 Å². The van der Waals surface area contributed by atoms with Crippen LogP contribution >= 0.6 is 0 Å². The van der Waals surface area contributed by atoms with Crippen LogP contribution in [0.5, 0.6) is 17.2 Å². The Bertz CT molecular complexity index is 1150. The molecule has 148 valence electrons. The number of anilines is 3. The van der Waals surface area contributed by atoms with Gasteiger partial charge in [0.1, 0.15) is 5.82 Å². The van der Waals surface area contributed by atoms with Gasteiger partial charge in [0, 0.05) is 35.3 Å². The fourth-order valence-electron chi connectivity index (χ4n) is 3.15. The Morgan fingerprint density at radius 1 is 0.966 bits per heavy atom. The summed E-state index contributed by atoms with van der Waals surface area (Å²) in [6.45, 7) is 0. The van der Waals surface area contributed by atoms with Gasteiger partial charge in [-0.3, -0.25) is 0 Å². The second-order valence-electron chi connectivity index (χ2n) is 6.30. The summed E-state index contributed by atoms with van der Waals surface area (Å²) in [4.78, 5) is 4.73. The van der Waals surface area contributed by atoms with Crippen molar-refractivity contribution in [3.8, 4) is 28.4 Å². The van der Waals surface area contributed by atoms with E-state index in [0.29, 0.717) is 34.4 Å². The van der Waals surface area contributed by atoms with Gasteiger partial charge in [-0.1, -0.05) is 12.1 Å². The molecular weight excluding hydrogens is 370 g/mol.